The minimum absolute atomic E-state index is 0.321. The van der Waals surface area contributed by atoms with Crippen LogP contribution in [0.15, 0.2) is 0 Å². The van der Waals surface area contributed by atoms with E-state index in [1.807, 2.05) is 20.8 Å². The van der Waals surface area contributed by atoms with Gasteiger partial charge in [-0.1, -0.05) is 13.8 Å². The van der Waals surface area contributed by atoms with Crippen LogP contribution in [0.3, 0.4) is 0 Å². The first-order valence-electron chi connectivity index (χ1n) is 7.87. The van der Waals surface area contributed by atoms with E-state index in [0.29, 0.717) is 31.7 Å². The Kier molecular flexibility index (Phi) is 5.45. The van der Waals surface area contributed by atoms with Gasteiger partial charge in [-0.05, 0) is 39.3 Å². The summed E-state index contributed by atoms with van der Waals surface area (Å²) in [5.74, 6) is 0. The molecule has 0 saturated carbocycles. The van der Waals surface area contributed by atoms with E-state index in [0.717, 1.165) is 25.9 Å². The van der Waals surface area contributed by atoms with Gasteiger partial charge in [-0.25, -0.2) is 12.7 Å². The van der Waals surface area contributed by atoms with E-state index in [1.54, 1.807) is 4.31 Å². The van der Waals surface area contributed by atoms with Gasteiger partial charge in [-0.3, -0.25) is 4.90 Å². The average Bonchev–Trinajstić information content (AvgIpc) is 2.72. The van der Waals surface area contributed by atoms with E-state index >= 15 is 0 Å². The fourth-order valence-electron chi connectivity index (χ4n) is 3.17. The molecule has 20 heavy (non-hydrogen) atoms. The molecule has 1 N–H and O–H groups in total. The van der Waals surface area contributed by atoms with E-state index in [1.165, 1.54) is 6.42 Å². The van der Waals surface area contributed by atoms with Crippen LogP contribution in [0, 0.1) is 0 Å². The quantitative estimate of drug-likeness (QED) is 0.819. The van der Waals surface area contributed by atoms with Crippen LogP contribution < -0.4 is 5.32 Å². The van der Waals surface area contributed by atoms with E-state index in [4.69, 9.17) is 0 Å². The molecule has 2 heterocycles. The largest absolute Gasteiger partial charge is 0.313 e. The van der Waals surface area contributed by atoms with Gasteiger partial charge in [0.25, 0.3) is 0 Å². The van der Waals surface area contributed by atoms with Crippen molar-refractivity contribution in [3.63, 3.8) is 0 Å². The molecular formula is C14H29N3O2S. The molecule has 2 rings (SSSR count). The Labute approximate surface area is 123 Å². The number of hydrogen-bond donors (Lipinski definition) is 1. The molecule has 2 fully saturated rings. The summed E-state index contributed by atoms with van der Waals surface area (Å²) >= 11 is 0. The normalized spacial score (nSPS) is 27.5. The van der Waals surface area contributed by atoms with Gasteiger partial charge in [0.05, 0.1) is 5.25 Å². The molecule has 0 amide bonds. The third-order valence-electron chi connectivity index (χ3n) is 4.45. The van der Waals surface area contributed by atoms with Crippen molar-refractivity contribution >= 4 is 10.0 Å². The highest BCUT2D eigenvalue weighted by Gasteiger charge is 2.35. The molecule has 6 heteroatoms. The zero-order valence-electron chi connectivity index (χ0n) is 13.0. The Balaban J connectivity index is 2.00. The van der Waals surface area contributed by atoms with Gasteiger partial charge >= 0.3 is 0 Å². The summed E-state index contributed by atoms with van der Waals surface area (Å²) in [6, 6.07) is 0.764. The van der Waals surface area contributed by atoms with E-state index in [-0.39, 0.29) is 5.25 Å². The molecule has 2 saturated heterocycles. The lowest BCUT2D eigenvalue weighted by Gasteiger charge is -2.28. The number of nitrogens with one attached hydrogen (secondary N) is 1. The molecule has 0 aromatic carbocycles. The smallest absolute Gasteiger partial charge is 0.218 e. The van der Waals surface area contributed by atoms with Crippen molar-refractivity contribution in [1.82, 2.24) is 14.5 Å². The lowest BCUT2D eigenvalue weighted by atomic mass is 10.2. The second kappa shape index (κ2) is 6.73. The molecule has 0 spiro atoms. The molecule has 0 bridgehead atoms. The molecular weight excluding hydrogens is 274 g/mol. The van der Waals surface area contributed by atoms with Crippen LogP contribution in [-0.2, 0) is 10.0 Å². The summed E-state index contributed by atoms with van der Waals surface area (Å²) in [6.07, 6.45) is 3.31. The second-order valence-electron chi connectivity index (χ2n) is 6.46. The first-order chi connectivity index (χ1) is 9.41. The standard InChI is InChI=1S/C14H29N3O2S/c1-12(2)15-10-13(3)20(18,19)17-9-5-8-16-7-4-6-14(16)11-17/h12-15H,4-11H2,1-3H3. The third kappa shape index (κ3) is 3.72. The number of nitrogens with zero attached hydrogens (tertiary/aromatic N) is 2. The number of rotatable bonds is 5. The molecule has 2 atom stereocenters. The molecule has 2 aliphatic rings. The monoisotopic (exact) mass is 303 g/mol. The van der Waals surface area contributed by atoms with Gasteiger partial charge in [-0.15, -0.1) is 0 Å². The Morgan fingerprint density at radius 3 is 2.55 bits per heavy atom. The Hall–Kier alpha value is -0.170. The van der Waals surface area contributed by atoms with Crippen LogP contribution in [0.4, 0.5) is 0 Å². The van der Waals surface area contributed by atoms with E-state index < -0.39 is 10.0 Å². The molecule has 0 aromatic heterocycles. The van der Waals surface area contributed by atoms with Crippen LogP contribution in [0.1, 0.15) is 40.0 Å². The number of hydrogen-bond acceptors (Lipinski definition) is 4. The van der Waals surface area contributed by atoms with Crippen molar-refractivity contribution in [1.29, 1.82) is 0 Å². The van der Waals surface area contributed by atoms with E-state index in [2.05, 4.69) is 10.2 Å². The highest BCUT2D eigenvalue weighted by molar-refractivity contribution is 7.89. The van der Waals surface area contributed by atoms with Crippen LogP contribution in [0.2, 0.25) is 0 Å². The van der Waals surface area contributed by atoms with Crippen molar-refractivity contribution in [3.05, 3.63) is 0 Å². The fourth-order valence-corrected chi connectivity index (χ4v) is 4.74. The maximum absolute atomic E-state index is 12.7. The Morgan fingerprint density at radius 1 is 1.15 bits per heavy atom. The molecule has 2 unspecified atom stereocenters. The van der Waals surface area contributed by atoms with Crippen molar-refractivity contribution in [3.8, 4) is 0 Å². The molecule has 0 aliphatic carbocycles. The Bertz CT molecular complexity index is 411. The maximum Gasteiger partial charge on any atom is 0.218 e. The van der Waals surface area contributed by atoms with Crippen molar-refractivity contribution in [2.45, 2.75) is 57.4 Å². The minimum atomic E-state index is -3.18. The lowest BCUT2D eigenvalue weighted by molar-refractivity contribution is 0.257. The second-order valence-corrected chi connectivity index (χ2v) is 8.81. The fraction of sp³-hybridized carbons (Fsp3) is 1.00. The summed E-state index contributed by atoms with van der Waals surface area (Å²) in [7, 11) is -3.18. The molecule has 5 nitrogen and oxygen atoms in total. The summed E-state index contributed by atoms with van der Waals surface area (Å²) in [6.45, 7) is 10.0. The topological polar surface area (TPSA) is 52.7 Å². The zero-order chi connectivity index (χ0) is 14.8. The Morgan fingerprint density at radius 2 is 1.85 bits per heavy atom. The molecule has 2 aliphatic heterocycles. The highest BCUT2D eigenvalue weighted by Crippen LogP contribution is 2.23. The number of sulfonamides is 1. The average molecular weight is 303 g/mol. The predicted molar refractivity (Wildman–Crippen MR) is 82.3 cm³/mol. The summed E-state index contributed by atoms with van der Waals surface area (Å²) in [5.41, 5.74) is 0. The van der Waals surface area contributed by atoms with Crippen molar-refractivity contribution in [2.75, 3.05) is 32.7 Å². The van der Waals surface area contributed by atoms with E-state index in [9.17, 15) is 8.42 Å². The summed E-state index contributed by atoms with van der Waals surface area (Å²) in [4.78, 5) is 2.46. The van der Waals surface area contributed by atoms with Crippen LogP contribution in [0.25, 0.3) is 0 Å². The summed E-state index contributed by atoms with van der Waals surface area (Å²) < 4.78 is 27.2. The van der Waals surface area contributed by atoms with Gasteiger partial charge in [0, 0.05) is 31.7 Å². The van der Waals surface area contributed by atoms with Crippen LogP contribution in [-0.4, -0.2) is 67.7 Å². The first-order valence-corrected chi connectivity index (χ1v) is 9.38. The highest BCUT2D eigenvalue weighted by atomic mass is 32.2. The third-order valence-corrected chi connectivity index (χ3v) is 6.68. The summed E-state index contributed by atoms with van der Waals surface area (Å²) in [5, 5.41) is 2.89. The maximum atomic E-state index is 12.7. The van der Waals surface area contributed by atoms with Gasteiger partial charge < -0.3 is 5.32 Å². The van der Waals surface area contributed by atoms with Gasteiger partial charge in [0.2, 0.25) is 10.0 Å². The molecule has 118 valence electrons. The molecule has 0 aromatic rings. The van der Waals surface area contributed by atoms with Crippen molar-refractivity contribution < 1.29 is 8.42 Å². The van der Waals surface area contributed by atoms with Crippen molar-refractivity contribution in [2.24, 2.45) is 0 Å². The van der Waals surface area contributed by atoms with Gasteiger partial charge in [-0.2, -0.15) is 0 Å². The minimum Gasteiger partial charge on any atom is -0.313 e. The van der Waals surface area contributed by atoms with Gasteiger partial charge in [0.1, 0.15) is 0 Å². The molecule has 0 radical (unpaired) electrons. The van der Waals surface area contributed by atoms with Crippen LogP contribution in [0.5, 0.6) is 0 Å². The SMILES string of the molecule is CC(C)NCC(C)S(=O)(=O)N1CCCN2CCCC2C1. The zero-order valence-corrected chi connectivity index (χ0v) is 13.8. The van der Waals surface area contributed by atoms with Gasteiger partial charge in [0.15, 0.2) is 0 Å². The van der Waals surface area contributed by atoms with Crippen LogP contribution >= 0.6 is 0 Å². The lowest BCUT2D eigenvalue weighted by Crippen LogP contribution is -2.46. The first kappa shape index (κ1) is 16.2. The predicted octanol–water partition coefficient (Wildman–Crippen LogP) is 0.873. The number of fused-ring (bicyclic) bond motifs is 1.